The highest BCUT2D eigenvalue weighted by atomic mass is 79.9. The number of aromatic nitrogens is 1. The third-order valence-corrected chi connectivity index (χ3v) is 2.93. The van der Waals surface area contributed by atoms with Crippen LogP contribution in [0.2, 0.25) is 0 Å². The first kappa shape index (κ1) is 18.4. The van der Waals surface area contributed by atoms with Gasteiger partial charge >= 0.3 is 11.9 Å². The Balaban J connectivity index is 3.22. The summed E-state index contributed by atoms with van der Waals surface area (Å²) in [5, 5.41) is 0. The third-order valence-electron chi connectivity index (χ3n) is 2.50. The molecule has 7 nitrogen and oxygen atoms in total. The minimum Gasteiger partial charge on any atom is -0.466 e. The quantitative estimate of drug-likeness (QED) is 0.390. The SMILES string of the molecule is CCOC(=O)C(C(=O)OCC)c1ncc(Br)cc1OCOC. The molecule has 0 saturated heterocycles. The molecule has 0 spiro atoms. The summed E-state index contributed by atoms with van der Waals surface area (Å²) in [4.78, 5) is 28.3. The van der Waals surface area contributed by atoms with Crippen LogP contribution >= 0.6 is 15.9 Å². The lowest BCUT2D eigenvalue weighted by atomic mass is 10.0. The van der Waals surface area contributed by atoms with Gasteiger partial charge in [-0.05, 0) is 35.8 Å². The van der Waals surface area contributed by atoms with Crippen LogP contribution in [0.1, 0.15) is 25.5 Å². The zero-order valence-corrected chi connectivity index (χ0v) is 14.2. The molecule has 8 heteroatoms. The maximum atomic E-state index is 12.1. The van der Waals surface area contributed by atoms with Gasteiger partial charge in [0.15, 0.2) is 12.7 Å². The molecule has 0 fully saturated rings. The van der Waals surface area contributed by atoms with Crippen molar-refractivity contribution in [1.82, 2.24) is 4.98 Å². The van der Waals surface area contributed by atoms with Gasteiger partial charge < -0.3 is 18.9 Å². The number of rotatable bonds is 8. The molecule has 0 aliphatic heterocycles. The molecule has 0 amide bonds. The summed E-state index contributed by atoms with van der Waals surface area (Å²) >= 11 is 3.26. The topological polar surface area (TPSA) is 84.0 Å². The van der Waals surface area contributed by atoms with Crippen molar-refractivity contribution in [3.63, 3.8) is 0 Å². The molecule has 0 radical (unpaired) electrons. The number of halogens is 1. The van der Waals surface area contributed by atoms with E-state index in [1.54, 1.807) is 19.9 Å². The van der Waals surface area contributed by atoms with E-state index in [0.717, 1.165) is 0 Å². The van der Waals surface area contributed by atoms with Gasteiger partial charge in [-0.1, -0.05) is 0 Å². The average molecular weight is 376 g/mol. The first-order chi connectivity index (χ1) is 10.5. The number of pyridine rings is 1. The van der Waals surface area contributed by atoms with Gasteiger partial charge in [0.2, 0.25) is 0 Å². The molecule has 1 rings (SSSR count). The first-order valence-electron chi connectivity index (χ1n) is 6.65. The fourth-order valence-electron chi connectivity index (χ4n) is 1.66. The highest BCUT2D eigenvalue weighted by molar-refractivity contribution is 9.10. The monoisotopic (exact) mass is 375 g/mol. The van der Waals surface area contributed by atoms with Crippen LogP contribution in [-0.2, 0) is 23.8 Å². The number of hydrogen-bond acceptors (Lipinski definition) is 7. The molecule has 0 aliphatic rings. The fourth-order valence-corrected chi connectivity index (χ4v) is 1.97. The third kappa shape index (κ3) is 4.96. The molecule has 1 aromatic heterocycles. The number of carbonyl (C=O) groups excluding carboxylic acids is 2. The van der Waals surface area contributed by atoms with Crippen molar-refractivity contribution in [3.8, 4) is 5.75 Å². The summed E-state index contributed by atoms with van der Waals surface area (Å²) in [5.74, 6) is -2.54. The summed E-state index contributed by atoms with van der Waals surface area (Å²) in [5.41, 5.74) is 0.122. The molecule has 122 valence electrons. The van der Waals surface area contributed by atoms with E-state index in [0.29, 0.717) is 4.47 Å². The van der Waals surface area contributed by atoms with Crippen molar-refractivity contribution in [2.45, 2.75) is 19.8 Å². The maximum Gasteiger partial charge on any atom is 0.326 e. The van der Waals surface area contributed by atoms with Crippen molar-refractivity contribution in [1.29, 1.82) is 0 Å². The lowest BCUT2D eigenvalue weighted by molar-refractivity contribution is -0.157. The number of hydrogen-bond donors (Lipinski definition) is 0. The second-order valence-corrected chi connectivity index (χ2v) is 4.94. The average Bonchev–Trinajstić information content (AvgIpc) is 2.48. The summed E-state index contributed by atoms with van der Waals surface area (Å²) in [6.07, 6.45) is 1.46. The second kappa shape index (κ2) is 9.37. The van der Waals surface area contributed by atoms with E-state index >= 15 is 0 Å². The highest BCUT2D eigenvalue weighted by Gasteiger charge is 2.35. The van der Waals surface area contributed by atoms with Crippen LogP contribution in [0.5, 0.6) is 5.75 Å². The van der Waals surface area contributed by atoms with Crippen LogP contribution in [0.15, 0.2) is 16.7 Å². The Labute approximate surface area is 137 Å². The van der Waals surface area contributed by atoms with Crippen molar-refractivity contribution in [2.24, 2.45) is 0 Å². The Hall–Kier alpha value is -1.67. The summed E-state index contributed by atoms with van der Waals surface area (Å²) < 4.78 is 20.7. The highest BCUT2D eigenvalue weighted by Crippen LogP contribution is 2.29. The zero-order chi connectivity index (χ0) is 16.5. The van der Waals surface area contributed by atoms with Gasteiger partial charge in [0.1, 0.15) is 11.4 Å². The lowest BCUT2D eigenvalue weighted by Crippen LogP contribution is -2.27. The molecule has 0 atom stereocenters. The van der Waals surface area contributed by atoms with E-state index in [-0.39, 0.29) is 31.5 Å². The molecule has 22 heavy (non-hydrogen) atoms. The Morgan fingerprint density at radius 3 is 2.32 bits per heavy atom. The van der Waals surface area contributed by atoms with E-state index in [2.05, 4.69) is 20.9 Å². The van der Waals surface area contributed by atoms with Crippen LogP contribution in [0, 0.1) is 0 Å². The Kier molecular flexibility index (Phi) is 7.83. The van der Waals surface area contributed by atoms with Crippen LogP contribution in [-0.4, -0.2) is 44.0 Å². The Morgan fingerprint density at radius 2 is 1.82 bits per heavy atom. The standard InChI is InChI=1S/C14H18BrNO6/c1-4-20-13(17)11(14(18)21-5-2)12-10(22-8-19-3)6-9(15)7-16-12/h6-7,11H,4-5,8H2,1-3H3. The van der Waals surface area contributed by atoms with Gasteiger partial charge in [0, 0.05) is 17.8 Å². The van der Waals surface area contributed by atoms with Crippen LogP contribution < -0.4 is 4.74 Å². The minimum absolute atomic E-state index is 0.0521. The number of nitrogens with zero attached hydrogens (tertiary/aromatic N) is 1. The van der Waals surface area contributed by atoms with Gasteiger partial charge in [-0.15, -0.1) is 0 Å². The van der Waals surface area contributed by atoms with E-state index in [4.69, 9.17) is 18.9 Å². The first-order valence-corrected chi connectivity index (χ1v) is 7.44. The Bertz CT molecular complexity index is 504. The van der Waals surface area contributed by atoms with E-state index in [1.165, 1.54) is 13.3 Å². The van der Waals surface area contributed by atoms with Gasteiger partial charge in [-0.3, -0.25) is 14.6 Å². The number of carbonyl (C=O) groups is 2. The van der Waals surface area contributed by atoms with Crippen molar-refractivity contribution in [2.75, 3.05) is 27.1 Å². The van der Waals surface area contributed by atoms with Crippen LogP contribution in [0.3, 0.4) is 0 Å². The van der Waals surface area contributed by atoms with Crippen LogP contribution in [0.25, 0.3) is 0 Å². The fraction of sp³-hybridized carbons (Fsp3) is 0.500. The largest absolute Gasteiger partial charge is 0.466 e. The number of methoxy groups -OCH3 is 1. The summed E-state index contributed by atoms with van der Waals surface area (Å²) in [6.45, 7) is 3.53. The smallest absolute Gasteiger partial charge is 0.326 e. The summed E-state index contributed by atoms with van der Waals surface area (Å²) in [7, 11) is 1.46. The molecule has 0 N–H and O–H groups in total. The van der Waals surface area contributed by atoms with Gasteiger partial charge in [0.25, 0.3) is 0 Å². The van der Waals surface area contributed by atoms with Gasteiger partial charge in [-0.2, -0.15) is 0 Å². The second-order valence-electron chi connectivity index (χ2n) is 4.02. The van der Waals surface area contributed by atoms with Gasteiger partial charge in [-0.25, -0.2) is 0 Å². The van der Waals surface area contributed by atoms with Crippen molar-refractivity contribution < 1.29 is 28.5 Å². The molecular weight excluding hydrogens is 358 g/mol. The predicted octanol–water partition coefficient (Wildman–Crippen LogP) is 2.04. The molecule has 0 saturated carbocycles. The molecule has 0 unspecified atom stereocenters. The lowest BCUT2D eigenvalue weighted by Gasteiger charge is -2.17. The molecular formula is C14H18BrNO6. The van der Waals surface area contributed by atoms with E-state index < -0.39 is 17.9 Å². The molecule has 1 aromatic rings. The molecule has 0 aliphatic carbocycles. The van der Waals surface area contributed by atoms with E-state index in [1.807, 2.05) is 0 Å². The Morgan fingerprint density at radius 1 is 1.23 bits per heavy atom. The van der Waals surface area contributed by atoms with Gasteiger partial charge in [0.05, 0.1) is 13.2 Å². The molecule has 1 heterocycles. The predicted molar refractivity (Wildman–Crippen MR) is 80.4 cm³/mol. The van der Waals surface area contributed by atoms with Crippen molar-refractivity contribution >= 4 is 27.9 Å². The zero-order valence-electron chi connectivity index (χ0n) is 12.6. The number of ether oxygens (including phenoxy) is 4. The maximum absolute atomic E-state index is 12.1. The van der Waals surface area contributed by atoms with Crippen LogP contribution in [0.4, 0.5) is 0 Å². The minimum atomic E-state index is -1.31. The summed E-state index contributed by atoms with van der Waals surface area (Å²) in [6, 6.07) is 1.59. The number of esters is 2. The van der Waals surface area contributed by atoms with Crippen molar-refractivity contribution in [3.05, 3.63) is 22.4 Å². The molecule has 0 bridgehead atoms. The normalized spacial score (nSPS) is 10.4. The molecule has 0 aromatic carbocycles. The van der Waals surface area contributed by atoms with E-state index in [9.17, 15) is 9.59 Å².